The van der Waals surface area contributed by atoms with Crippen molar-refractivity contribution in [3.63, 3.8) is 0 Å². The maximum Gasteiger partial charge on any atom is 0.181 e. The van der Waals surface area contributed by atoms with E-state index in [9.17, 15) is 4.39 Å². The third-order valence-corrected chi connectivity index (χ3v) is 3.96. The number of aromatic amines is 1. The van der Waals surface area contributed by atoms with Crippen molar-refractivity contribution in [2.24, 2.45) is 5.73 Å². The number of aromatic nitrogens is 4. The van der Waals surface area contributed by atoms with Crippen LogP contribution in [0, 0.1) is 11.2 Å². The Balaban J connectivity index is 1.87. The summed E-state index contributed by atoms with van der Waals surface area (Å²) < 4.78 is 14.2. The number of nitrogens with two attached hydrogens (primary N) is 1. The summed E-state index contributed by atoms with van der Waals surface area (Å²) in [4.78, 5) is 15.2. The highest BCUT2D eigenvalue weighted by molar-refractivity contribution is 7.98. The lowest BCUT2D eigenvalue weighted by molar-refractivity contribution is 0.614. The molecule has 0 amide bonds. The van der Waals surface area contributed by atoms with E-state index < -0.39 is 5.82 Å². The van der Waals surface area contributed by atoms with E-state index >= 15 is 0 Å². The fourth-order valence-corrected chi connectivity index (χ4v) is 2.83. The van der Waals surface area contributed by atoms with E-state index in [-0.39, 0.29) is 11.4 Å². The van der Waals surface area contributed by atoms with Crippen LogP contribution in [0.15, 0.2) is 35.9 Å². The van der Waals surface area contributed by atoms with Crippen LogP contribution in [0.1, 0.15) is 11.1 Å². The highest BCUT2D eigenvalue weighted by atomic mass is 32.2. The van der Waals surface area contributed by atoms with Crippen LogP contribution in [0.25, 0.3) is 11.2 Å². The topological polar surface area (TPSA) is 104 Å². The monoisotopic (exact) mass is 302 g/mol. The highest BCUT2D eigenvalue weighted by Crippen LogP contribution is 2.27. The zero-order valence-corrected chi connectivity index (χ0v) is 11.6. The minimum absolute atomic E-state index is 0.113. The number of hydrogen-bond donors (Lipinski definition) is 3. The standard InChI is InChI=1S/C13H11FN6S/c14-9-7(2-1-3-8(9)11(15)16)4-21-13-10-12(18-5-17-10)19-6-20-13/h1-3,5-6H,4H2,(H3,15,16)(H,17,18,19,20). The van der Waals surface area contributed by atoms with Crippen LogP contribution in [-0.4, -0.2) is 25.8 Å². The predicted octanol–water partition coefficient (Wildman–Crippen LogP) is 2.07. The van der Waals surface area contributed by atoms with Crippen molar-refractivity contribution >= 4 is 28.8 Å². The molecule has 0 saturated carbocycles. The summed E-state index contributed by atoms with van der Waals surface area (Å²) in [6.45, 7) is 0. The fourth-order valence-electron chi connectivity index (χ4n) is 1.90. The number of rotatable bonds is 4. The van der Waals surface area contributed by atoms with Gasteiger partial charge in [0.25, 0.3) is 0 Å². The number of amidine groups is 1. The Kier molecular flexibility index (Phi) is 3.53. The second-order valence-electron chi connectivity index (χ2n) is 4.26. The molecule has 0 spiro atoms. The molecule has 21 heavy (non-hydrogen) atoms. The van der Waals surface area contributed by atoms with Crippen LogP contribution in [-0.2, 0) is 5.75 Å². The van der Waals surface area contributed by atoms with Gasteiger partial charge in [-0.2, -0.15) is 0 Å². The van der Waals surface area contributed by atoms with Crippen molar-refractivity contribution in [3.05, 3.63) is 47.8 Å². The molecule has 0 saturated heterocycles. The van der Waals surface area contributed by atoms with Gasteiger partial charge in [-0.15, -0.1) is 0 Å². The molecule has 6 nitrogen and oxygen atoms in total. The van der Waals surface area contributed by atoms with Gasteiger partial charge in [0.2, 0.25) is 0 Å². The average molecular weight is 302 g/mol. The Morgan fingerprint density at radius 2 is 2.19 bits per heavy atom. The van der Waals surface area contributed by atoms with Crippen molar-refractivity contribution in [1.29, 1.82) is 5.41 Å². The SMILES string of the molecule is N=C(N)c1cccc(CSc2ncnc3nc[nH]c23)c1F. The summed E-state index contributed by atoms with van der Waals surface area (Å²) in [6, 6.07) is 4.84. The third kappa shape index (κ3) is 2.57. The number of H-pyrrole nitrogens is 1. The van der Waals surface area contributed by atoms with Crippen LogP contribution >= 0.6 is 11.8 Å². The fraction of sp³-hybridized carbons (Fsp3) is 0.0769. The molecule has 0 unspecified atom stereocenters. The van der Waals surface area contributed by atoms with E-state index in [4.69, 9.17) is 11.1 Å². The molecule has 0 fully saturated rings. The molecule has 0 aliphatic carbocycles. The van der Waals surface area contributed by atoms with Crippen molar-refractivity contribution in [2.75, 3.05) is 0 Å². The summed E-state index contributed by atoms with van der Waals surface area (Å²) in [5.74, 6) is -0.372. The van der Waals surface area contributed by atoms with Crippen LogP contribution in [0.3, 0.4) is 0 Å². The Morgan fingerprint density at radius 1 is 1.33 bits per heavy atom. The maximum absolute atomic E-state index is 14.2. The van der Waals surface area contributed by atoms with Gasteiger partial charge in [-0.3, -0.25) is 5.41 Å². The van der Waals surface area contributed by atoms with Gasteiger partial charge in [-0.25, -0.2) is 19.3 Å². The van der Waals surface area contributed by atoms with Gasteiger partial charge >= 0.3 is 0 Å². The van der Waals surface area contributed by atoms with Crippen LogP contribution < -0.4 is 5.73 Å². The minimum atomic E-state index is -0.465. The van der Waals surface area contributed by atoms with Gasteiger partial charge in [0.05, 0.1) is 11.9 Å². The molecule has 8 heteroatoms. The molecule has 4 N–H and O–H groups in total. The molecule has 2 aromatic heterocycles. The number of nitrogens with zero attached hydrogens (tertiary/aromatic N) is 3. The largest absolute Gasteiger partial charge is 0.384 e. The molecule has 0 radical (unpaired) electrons. The number of fused-ring (bicyclic) bond motifs is 1. The number of nitrogens with one attached hydrogen (secondary N) is 2. The first-order valence-corrected chi connectivity index (χ1v) is 7.04. The lowest BCUT2D eigenvalue weighted by Crippen LogP contribution is -2.14. The molecule has 0 bridgehead atoms. The van der Waals surface area contributed by atoms with Crippen LogP contribution in [0.4, 0.5) is 4.39 Å². The highest BCUT2D eigenvalue weighted by Gasteiger charge is 2.12. The molecule has 0 atom stereocenters. The van der Waals surface area contributed by atoms with Crippen LogP contribution in [0.2, 0.25) is 0 Å². The zero-order chi connectivity index (χ0) is 14.8. The summed E-state index contributed by atoms with van der Waals surface area (Å²) in [5, 5.41) is 8.05. The quantitative estimate of drug-likeness (QED) is 0.296. The second kappa shape index (κ2) is 5.49. The van der Waals surface area contributed by atoms with Crippen LogP contribution in [0.5, 0.6) is 0 Å². The molecular weight excluding hydrogens is 291 g/mol. The lowest BCUT2D eigenvalue weighted by atomic mass is 10.1. The molecule has 0 aliphatic rings. The normalized spacial score (nSPS) is 10.9. The third-order valence-electron chi connectivity index (χ3n) is 2.92. The molecular formula is C13H11FN6S. The predicted molar refractivity (Wildman–Crippen MR) is 78.7 cm³/mol. The molecule has 3 rings (SSSR count). The zero-order valence-electron chi connectivity index (χ0n) is 10.8. The Hall–Kier alpha value is -2.48. The summed E-state index contributed by atoms with van der Waals surface area (Å²) in [7, 11) is 0. The summed E-state index contributed by atoms with van der Waals surface area (Å²) >= 11 is 1.37. The van der Waals surface area contributed by atoms with E-state index in [0.29, 0.717) is 22.0 Å². The van der Waals surface area contributed by atoms with Gasteiger partial charge in [0.15, 0.2) is 5.65 Å². The van der Waals surface area contributed by atoms with E-state index in [0.717, 1.165) is 5.52 Å². The maximum atomic E-state index is 14.2. The molecule has 0 aliphatic heterocycles. The first-order valence-electron chi connectivity index (χ1n) is 6.05. The van der Waals surface area contributed by atoms with E-state index in [1.807, 2.05) is 0 Å². The lowest BCUT2D eigenvalue weighted by Gasteiger charge is -2.07. The Bertz CT molecular complexity index is 815. The number of benzene rings is 1. The van der Waals surface area contributed by atoms with E-state index in [1.165, 1.54) is 24.2 Å². The first kappa shape index (κ1) is 13.5. The Labute approximate surface area is 123 Å². The number of nitrogen functional groups attached to an aromatic ring is 1. The molecule has 3 aromatic rings. The van der Waals surface area contributed by atoms with Gasteiger partial charge in [-0.05, 0) is 11.6 Å². The van der Waals surface area contributed by atoms with Crippen molar-refractivity contribution in [2.45, 2.75) is 10.8 Å². The number of thioether (sulfide) groups is 1. The minimum Gasteiger partial charge on any atom is -0.384 e. The van der Waals surface area contributed by atoms with E-state index in [1.54, 1.807) is 18.5 Å². The number of hydrogen-bond acceptors (Lipinski definition) is 5. The second-order valence-corrected chi connectivity index (χ2v) is 5.23. The average Bonchev–Trinajstić information content (AvgIpc) is 2.95. The first-order chi connectivity index (χ1) is 10.2. The Morgan fingerprint density at radius 3 is 3.00 bits per heavy atom. The molecule has 2 heterocycles. The van der Waals surface area contributed by atoms with Gasteiger partial charge < -0.3 is 10.7 Å². The summed E-state index contributed by atoms with van der Waals surface area (Å²) in [6.07, 6.45) is 2.97. The number of imidazole rings is 1. The van der Waals surface area contributed by atoms with Gasteiger partial charge in [-0.1, -0.05) is 23.9 Å². The summed E-state index contributed by atoms with van der Waals surface area (Å²) in [5.41, 5.74) is 7.24. The number of halogens is 1. The smallest absolute Gasteiger partial charge is 0.181 e. The molecule has 1 aromatic carbocycles. The van der Waals surface area contributed by atoms with Gasteiger partial charge in [0, 0.05) is 5.75 Å². The van der Waals surface area contributed by atoms with Crippen molar-refractivity contribution < 1.29 is 4.39 Å². The van der Waals surface area contributed by atoms with E-state index in [2.05, 4.69) is 19.9 Å². The van der Waals surface area contributed by atoms with Gasteiger partial charge in [0.1, 0.15) is 28.5 Å². The van der Waals surface area contributed by atoms with Crippen molar-refractivity contribution in [3.8, 4) is 0 Å². The van der Waals surface area contributed by atoms with Crippen molar-refractivity contribution in [1.82, 2.24) is 19.9 Å². The molecule has 106 valence electrons.